The van der Waals surface area contributed by atoms with Gasteiger partial charge in [-0.1, -0.05) is 19.1 Å². The largest absolute Gasteiger partial charge is 0.336 e. The van der Waals surface area contributed by atoms with Gasteiger partial charge in [0.1, 0.15) is 0 Å². The van der Waals surface area contributed by atoms with Gasteiger partial charge in [0, 0.05) is 24.7 Å². The lowest BCUT2D eigenvalue weighted by atomic mass is 10.1. The molecule has 0 saturated carbocycles. The van der Waals surface area contributed by atoms with Crippen molar-refractivity contribution in [3.8, 4) is 0 Å². The third-order valence-corrected chi connectivity index (χ3v) is 2.79. The molecule has 1 rings (SSSR count). The van der Waals surface area contributed by atoms with E-state index >= 15 is 0 Å². The highest BCUT2D eigenvalue weighted by atomic mass is 16.2. The molecule has 0 radical (unpaired) electrons. The summed E-state index contributed by atoms with van der Waals surface area (Å²) in [7, 11) is 0. The fraction of sp³-hybridized carbons (Fsp3) is 0.500. The van der Waals surface area contributed by atoms with E-state index in [2.05, 4.69) is 6.92 Å². The Hall–Kier alpha value is -1.35. The molecule has 0 unspecified atom stereocenters. The third kappa shape index (κ3) is 3.56. The van der Waals surface area contributed by atoms with Gasteiger partial charge in [0.15, 0.2) is 0 Å². The van der Waals surface area contributed by atoms with E-state index in [1.807, 2.05) is 43.0 Å². The zero-order valence-corrected chi connectivity index (χ0v) is 10.9. The molecule has 0 aliphatic rings. The predicted octanol–water partition coefficient (Wildman–Crippen LogP) is 2.41. The summed E-state index contributed by atoms with van der Waals surface area (Å²) in [5, 5.41) is 0. The Bertz CT molecular complexity index is 357. The molecule has 1 aromatic carbocycles. The summed E-state index contributed by atoms with van der Waals surface area (Å²) in [6, 6.07) is 7.78. The smallest absolute Gasteiger partial charge is 0.254 e. The third-order valence-electron chi connectivity index (χ3n) is 2.79. The van der Waals surface area contributed by atoms with E-state index in [4.69, 9.17) is 5.73 Å². The van der Waals surface area contributed by atoms with Gasteiger partial charge < -0.3 is 10.6 Å². The Morgan fingerprint density at radius 1 is 1.29 bits per heavy atom. The molecule has 94 valence electrons. The molecule has 0 aromatic heterocycles. The summed E-state index contributed by atoms with van der Waals surface area (Å²) in [6.45, 7) is 7.48. The average Bonchev–Trinajstić information content (AvgIpc) is 2.35. The molecule has 17 heavy (non-hydrogen) atoms. The van der Waals surface area contributed by atoms with Gasteiger partial charge in [0.25, 0.3) is 5.91 Å². The van der Waals surface area contributed by atoms with Crippen LogP contribution >= 0.6 is 0 Å². The van der Waals surface area contributed by atoms with Crippen LogP contribution in [0.15, 0.2) is 24.3 Å². The van der Waals surface area contributed by atoms with E-state index in [1.54, 1.807) is 0 Å². The van der Waals surface area contributed by atoms with E-state index in [0.29, 0.717) is 6.54 Å². The maximum Gasteiger partial charge on any atom is 0.254 e. The van der Waals surface area contributed by atoms with Gasteiger partial charge in [-0.3, -0.25) is 4.79 Å². The fourth-order valence-corrected chi connectivity index (χ4v) is 1.78. The number of carbonyl (C=O) groups excluding carboxylic acids is 1. The van der Waals surface area contributed by atoms with Gasteiger partial charge in [-0.2, -0.15) is 0 Å². The Morgan fingerprint density at radius 2 is 1.88 bits per heavy atom. The highest BCUT2D eigenvalue weighted by Gasteiger charge is 2.17. The van der Waals surface area contributed by atoms with Crippen LogP contribution in [0.2, 0.25) is 0 Å². The molecule has 1 amide bonds. The summed E-state index contributed by atoms with van der Waals surface area (Å²) >= 11 is 0. The van der Waals surface area contributed by atoms with Gasteiger partial charge >= 0.3 is 0 Å². The molecule has 0 bridgehead atoms. The number of nitrogens with zero attached hydrogens (tertiary/aromatic N) is 1. The minimum atomic E-state index is 0.102. The minimum absolute atomic E-state index is 0.102. The van der Waals surface area contributed by atoms with Crippen LogP contribution in [0.1, 0.15) is 43.1 Å². The van der Waals surface area contributed by atoms with Gasteiger partial charge in [0.05, 0.1) is 0 Å². The molecule has 0 fully saturated rings. The van der Waals surface area contributed by atoms with Crippen LogP contribution in [0, 0.1) is 0 Å². The maximum atomic E-state index is 12.3. The Kier molecular flexibility index (Phi) is 5.16. The molecule has 0 aliphatic carbocycles. The zero-order valence-electron chi connectivity index (χ0n) is 10.9. The van der Waals surface area contributed by atoms with Gasteiger partial charge in [-0.05, 0) is 38.0 Å². The van der Waals surface area contributed by atoms with Crippen molar-refractivity contribution in [2.24, 2.45) is 5.73 Å². The first-order valence-corrected chi connectivity index (χ1v) is 6.20. The Morgan fingerprint density at radius 3 is 2.29 bits per heavy atom. The van der Waals surface area contributed by atoms with Gasteiger partial charge in [0.2, 0.25) is 0 Å². The number of amides is 1. The van der Waals surface area contributed by atoms with E-state index in [-0.39, 0.29) is 11.9 Å². The minimum Gasteiger partial charge on any atom is -0.336 e. The number of hydrogen-bond acceptors (Lipinski definition) is 2. The molecule has 2 N–H and O–H groups in total. The summed E-state index contributed by atoms with van der Waals surface area (Å²) in [5.74, 6) is 0.102. The number of hydrogen-bond donors (Lipinski definition) is 1. The summed E-state index contributed by atoms with van der Waals surface area (Å²) in [6.07, 6.45) is 0.977. The van der Waals surface area contributed by atoms with Gasteiger partial charge in [-0.25, -0.2) is 0 Å². The van der Waals surface area contributed by atoms with Crippen molar-refractivity contribution in [1.82, 2.24) is 4.90 Å². The van der Waals surface area contributed by atoms with Crippen molar-refractivity contribution >= 4 is 5.91 Å². The lowest BCUT2D eigenvalue weighted by Crippen LogP contribution is -2.37. The number of carbonyl (C=O) groups is 1. The first-order valence-electron chi connectivity index (χ1n) is 6.20. The topological polar surface area (TPSA) is 46.3 Å². The lowest BCUT2D eigenvalue weighted by Gasteiger charge is -2.26. The van der Waals surface area contributed by atoms with Crippen molar-refractivity contribution < 1.29 is 4.79 Å². The first kappa shape index (κ1) is 13.7. The molecule has 1 aromatic rings. The second-order valence-electron chi connectivity index (χ2n) is 4.49. The normalized spacial score (nSPS) is 10.6. The SMILES string of the molecule is CCCN(C(=O)c1ccc(CN)cc1)C(C)C. The fourth-order valence-electron chi connectivity index (χ4n) is 1.78. The molecule has 0 spiro atoms. The van der Waals surface area contributed by atoms with E-state index in [9.17, 15) is 4.79 Å². The predicted molar refractivity (Wildman–Crippen MR) is 70.8 cm³/mol. The second kappa shape index (κ2) is 6.40. The molecular weight excluding hydrogens is 212 g/mol. The van der Waals surface area contributed by atoms with Crippen LogP contribution in [0.4, 0.5) is 0 Å². The van der Waals surface area contributed by atoms with Crippen LogP contribution in [0.25, 0.3) is 0 Å². The second-order valence-corrected chi connectivity index (χ2v) is 4.49. The van der Waals surface area contributed by atoms with E-state index in [1.165, 1.54) is 0 Å². The van der Waals surface area contributed by atoms with Crippen molar-refractivity contribution in [2.45, 2.75) is 39.8 Å². The zero-order chi connectivity index (χ0) is 12.8. The highest BCUT2D eigenvalue weighted by molar-refractivity contribution is 5.94. The summed E-state index contributed by atoms with van der Waals surface area (Å²) < 4.78 is 0. The van der Waals surface area contributed by atoms with E-state index in [0.717, 1.165) is 24.1 Å². The molecule has 0 heterocycles. The van der Waals surface area contributed by atoms with Crippen LogP contribution in [-0.4, -0.2) is 23.4 Å². The number of benzene rings is 1. The first-order chi connectivity index (χ1) is 8.10. The monoisotopic (exact) mass is 234 g/mol. The number of rotatable bonds is 5. The molecule has 3 nitrogen and oxygen atoms in total. The molecule has 0 atom stereocenters. The molecule has 3 heteroatoms. The lowest BCUT2D eigenvalue weighted by molar-refractivity contribution is 0.0706. The maximum absolute atomic E-state index is 12.3. The average molecular weight is 234 g/mol. The highest BCUT2D eigenvalue weighted by Crippen LogP contribution is 2.10. The van der Waals surface area contributed by atoms with Crippen molar-refractivity contribution in [2.75, 3.05) is 6.54 Å². The van der Waals surface area contributed by atoms with Crippen LogP contribution in [-0.2, 0) is 6.54 Å². The standard InChI is InChI=1S/C14H22N2O/c1-4-9-16(11(2)3)14(17)13-7-5-12(10-15)6-8-13/h5-8,11H,4,9-10,15H2,1-3H3. The summed E-state index contributed by atoms with van der Waals surface area (Å²) in [5.41, 5.74) is 7.33. The Labute approximate surface area is 104 Å². The van der Waals surface area contributed by atoms with Crippen molar-refractivity contribution in [1.29, 1.82) is 0 Å². The van der Waals surface area contributed by atoms with Crippen LogP contribution in [0.3, 0.4) is 0 Å². The molecular formula is C14H22N2O. The van der Waals surface area contributed by atoms with Crippen molar-refractivity contribution in [3.63, 3.8) is 0 Å². The summed E-state index contributed by atoms with van der Waals surface area (Å²) in [4.78, 5) is 14.2. The van der Waals surface area contributed by atoms with Crippen LogP contribution in [0.5, 0.6) is 0 Å². The van der Waals surface area contributed by atoms with E-state index < -0.39 is 0 Å². The van der Waals surface area contributed by atoms with Crippen molar-refractivity contribution in [3.05, 3.63) is 35.4 Å². The van der Waals surface area contributed by atoms with Gasteiger partial charge in [-0.15, -0.1) is 0 Å². The number of nitrogens with two attached hydrogens (primary N) is 1. The molecule has 0 saturated heterocycles. The quantitative estimate of drug-likeness (QED) is 0.850. The Balaban J connectivity index is 2.85. The van der Waals surface area contributed by atoms with Crippen LogP contribution < -0.4 is 5.73 Å². The molecule has 0 aliphatic heterocycles.